The van der Waals surface area contributed by atoms with E-state index in [1.165, 1.54) is 3.97 Å². The third-order valence-electron chi connectivity index (χ3n) is 5.13. The maximum absolute atomic E-state index is 13.4. The van der Waals surface area contributed by atoms with Gasteiger partial charge in [-0.3, -0.25) is 4.79 Å². The van der Waals surface area contributed by atoms with Crippen molar-refractivity contribution < 1.29 is 13.2 Å². The summed E-state index contributed by atoms with van der Waals surface area (Å²) in [4.78, 5) is 13.6. The normalized spacial score (nSPS) is 11.4. The highest BCUT2D eigenvalue weighted by atomic mass is 32.2. The van der Waals surface area contributed by atoms with E-state index in [0.717, 1.165) is 11.1 Å². The first-order valence-corrected chi connectivity index (χ1v) is 11.0. The summed E-state index contributed by atoms with van der Waals surface area (Å²) in [5.41, 5.74) is 3.66. The first-order chi connectivity index (χ1) is 14.4. The van der Waals surface area contributed by atoms with Gasteiger partial charge in [0.05, 0.1) is 10.5 Å². The molecular formula is C25H21NO3S. The molecule has 3 aromatic carbocycles. The van der Waals surface area contributed by atoms with Crippen LogP contribution in [0.5, 0.6) is 0 Å². The second kappa shape index (κ2) is 7.76. The van der Waals surface area contributed by atoms with Crippen LogP contribution in [0.15, 0.2) is 96.0 Å². The number of carbonyl (C=O) groups excluding carboxylic acids is 1. The number of benzene rings is 3. The molecule has 0 N–H and O–H groups in total. The van der Waals surface area contributed by atoms with Crippen molar-refractivity contribution in [1.82, 2.24) is 3.97 Å². The average molecular weight is 416 g/mol. The van der Waals surface area contributed by atoms with Crippen LogP contribution < -0.4 is 0 Å². The second-order valence-electron chi connectivity index (χ2n) is 7.18. The van der Waals surface area contributed by atoms with Gasteiger partial charge in [-0.2, -0.15) is 0 Å². The summed E-state index contributed by atoms with van der Waals surface area (Å²) in [6.07, 6.45) is 1.55. The van der Waals surface area contributed by atoms with Crippen molar-refractivity contribution in [2.24, 2.45) is 0 Å². The zero-order valence-corrected chi connectivity index (χ0v) is 17.6. The van der Waals surface area contributed by atoms with Gasteiger partial charge in [-0.25, -0.2) is 12.4 Å². The van der Waals surface area contributed by atoms with Crippen molar-refractivity contribution >= 4 is 15.8 Å². The summed E-state index contributed by atoms with van der Waals surface area (Å²) in [7, 11) is -3.85. The molecule has 0 aliphatic carbocycles. The Hall–Kier alpha value is -3.44. The van der Waals surface area contributed by atoms with Gasteiger partial charge in [-0.1, -0.05) is 78.4 Å². The lowest BCUT2D eigenvalue weighted by Crippen LogP contribution is -2.14. The molecule has 30 heavy (non-hydrogen) atoms. The summed E-state index contributed by atoms with van der Waals surface area (Å²) in [6.45, 7) is 3.58. The van der Waals surface area contributed by atoms with Gasteiger partial charge in [-0.05, 0) is 31.5 Å². The minimum atomic E-state index is -3.85. The van der Waals surface area contributed by atoms with Crippen LogP contribution >= 0.6 is 0 Å². The molecule has 1 heterocycles. The summed E-state index contributed by atoms with van der Waals surface area (Å²) in [5.74, 6) is -0.204. The Bertz CT molecular complexity index is 1300. The minimum Gasteiger partial charge on any atom is -0.289 e. The Morgan fingerprint density at radius 1 is 0.767 bits per heavy atom. The molecule has 0 bridgehead atoms. The molecule has 4 aromatic rings. The van der Waals surface area contributed by atoms with Crippen LogP contribution in [0, 0.1) is 13.8 Å². The van der Waals surface area contributed by atoms with Gasteiger partial charge in [0.2, 0.25) is 0 Å². The Labute approximate surface area is 176 Å². The van der Waals surface area contributed by atoms with Crippen molar-refractivity contribution in [1.29, 1.82) is 0 Å². The number of rotatable bonds is 5. The van der Waals surface area contributed by atoms with E-state index >= 15 is 0 Å². The molecule has 0 spiro atoms. The number of hydrogen-bond acceptors (Lipinski definition) is 3. The van der Waals surface area contributed by atoms with E-state index in [2.05, 4.69) is 0 Å². The van der Waals surface area contributed by atoms with E-state index in [0.29, 0.717) is 22.4 Å². The molecule has 1 aromatic heterocycles. The van der Waals surface area contributed by atoms with Gasteiger partial charge in [-0.15, -0.1) is 0 Å². The number of nitrogens with zero attached hydrogens (tertiary/aromatic N) is 1. The average Bonchev–Trinajstić information content (AvgIpc) is 3.12. The fourth-order valence-corrected chi connectivity index (χ4v) is 4.92. The topological polar surface area (TPSA) is 56.1 Å². The van der Waals surface area contributed by atoms with Gasteiger partial charge < -0.3 is 0 Å². The predicted octanol–water partition coefficient (Wildman–Crippen LogP) is 5.24. The number of hydrogen-bond donors (Lipinski definition) is 0. The van der Waals surface area contributed by atoms with Crippen molar-refractivity contribution in [3.63, 3.8) is 0 Å². The molecule has 0 saturated heterocycles. The summed E-state index contributed by atoms with van der Waals surface area (Å²) >= 11 is 0. The lowest BCUT2D eigenvalue weighted by molar-refractivity contribution is 0.103. The monoisotopic (exact) mass is 415 g/mol. The molecule has 4 nitrogen and oxygen atoms in total. The maximum atomic E-state index is 13.4. The van der Waals surface area contributed by atoms with E-state index in [-0.39, 0.29) is 10.7 Å². The van der Waals surface area contributed by atoms with Crippen LogP contribution in [0.1, 0.15) is 27.2 Å². The molecule has 5 heteroatoms. The van der Waals surface area contributed by atoms with E-state index < -0.39 is 10.0 Å². The molecule has 0 saturated carbocycles. The SMILES string of the molecule is Cc1ccc(S(=O)(=O)n2cc(-c3ccccc3)c(C(=O)c3ccccc3)c2C)cc1. The summed E-state index contributed by atoms with van der Waals surface area (Å²) in [6, 6.07) is 25.0. The lowest BCUT2D eigenvalue weighted by atomic mass is 9.96. The molecule has 0 aliphatic rings. The van der Waals surface area contributed by atoms with Gasteiger partial charge in [0.1, 0.15) is 0 Å². The Morgan fingerprint density at radius 3 is 1.93 bits per heavy atom. The number of ketones is 1. The van der Waals surface area contributed by atoms with Gasteiger partial charge in [0.15, 0.2) is 5.78 Å². The Balaban J connectivity index is 1.95. The second-order valence-corrected chi connectivity index (χ2v) is 8.99. The molecule has 0 unspecified atom stereocenters. The molecule has 0 radical (unpaired) electrons. The van der Waals surface area contributed by atoms with E-state index in [9.17, 15) is 13.2 Å². The maximum Gasteiger partial charge on any atom is 0.267 e. The number of carbonyl (C=O) groups is 1. The van der Waals surface area contributed by atoms with Gasteiger partial charge in [0, 0.05) is 23.0 Å². The van der Waals surface area contributed by atoms with Crippen molar-refractivity contribution in [3.05, 3.63) is 114 Å². The smallest absolute Gasteiger partial charge is 0.267 e. The molecule has 4 rings (SSSR count). The third-order valence-corrected chi connectivity index (χ3v) is 6.90. The quantitative estimate of drug-likeness (QED) is 0.419. The van der Waals surface area contributed by atoms with Gasteiger partial charge >= 0.3 is 0 Å². The largest absolute Gasteiger partial charge is 0.289 e. The molecular weight excluding hydrogens is 394 g/mol. The van der Waals surface area contributed by atoms with Crippen LogP contribution in [0.4, 0.5) is 0 Å². The standard InChI is InChI=1S/C25H21NO3S/c1-18-13-15-22(16-14-18)30(28,29)26-17-23(20-9-5-3-6-10-20)24(19(26)2)25(27)21-11-7-4-8-12-21/h3-17H,1-2H3. The Morgan fingerprint density at radius 2 is 1.33 bits per heavy atom. The molecule has 150 valence electrons. The van der Waals surface area contributed by atoms with Crippen molar-refractivity contribution in [3.8, 4) is 11.1 Å². The highest BCUT2D eigenvalue weighted by molar-refractivity contribution is 7.90. The van der Waals surface area contributed by atoms with Crippen LogP contribution in [-0.2, 0) is 10.0 Å². The minimum absolute atomic E-state index is 0.185. The van der Waals surface area contributed by atoms with Crippen molar-refractivity contribution in [2.45, 2.75) is 18.7 Å². The van der Waals surface area contributed by atoms with Crippen LogP contribution in [0.2, 0.25) is 0 Å². The first-order valence-electron chi connectivity index (χ1n) is 9.59. The number of aromatic nitrogens is 1. The van der Waals surface area contributed by atoms with Crippen LogP contribution in [0.3, 0.4) is 0 Å². The third kappa shape index (κ3) is 3.48. The molecule has 0 fully saturated rings. The van der Waals surface area contributed by atoms with Gasteiger partial charge in [0.25, 0.3) is 10.0 Å². The zero-order valence-electron chi connectivity index (χ0n) is 16.7. The van der Waals surface area contributed by atoms with Crippen LogP contribution in [0.25, 0.3) is 11.1 Å². The summed E-state index contributed by atoms with van der Waals surface area (Å²) in [5, 5.41) is 0. The molecule has 0 amide bonds. The highest BCUT2D eigenvalue weighted by Gasteiger charge is 2.27. The summed E-state index contributed by atoms with van der Waals surface area (Å²) < 4.78 is 28.0. The fourth-order valence-electron chi connectivity index (χ4n) is 3.51. The molecule has 0 atom stereocenters. The fraction of sp³-hybridized carbons (Fsp3) is 0.0800. The first kappa shape index (κ1) is 19.9. The highest BCUT2D eigenvalue weighted by Crippen LogP contribution is 2.32. The number of aryl methyl sites for hydroxylation is 1. The lowest BCUT2D eigenvalue weighted by Gasteiger charge is -2.09. The van der Waals surface area contributed by atoms with E-state index in [1.54, 1.807) is 61.7 Å². The van der Waals surface area contributed by atoms with E-state index in [1.807, 2.05) is 43.3 Å². The predicted molar refractivity (Wildman–Crippen MR) is 118 cm³/mol. The zero-order chi connectivity index (χ0) is 21.3. The molecule has 0 aliphatic heterocycles. The van der Waals surface area contributed by atoms with Crippen molar-refractivity contribution in [2.75, 3.05) is 0 Å². The van der Waals surface area contributed by atoms with Crippen LogP contribution in [-0.4, -0.2) is 18.2 Å². The van der Waals surface area contributed by atoms with E-state index in [4.69, 9.17) is 0 Å². The Kier molecular flexibility index (Phi) is 5.14.